The van der Waals surface area contributed by atoms with E-state index < -0.39 is 5.91 Å². The Labute approximate surface area is 219 Å². The van der Waals surface area contributed by atoms with Gasteiger partial charge >= 0.3 is 0 Å². The lowest BCUT2D eigenvalue weighted by Gasteiger charge is -2.13. The number of carbonyl (C=O) groups is 2. The Hall–Kier alpha value is -3.37. The molecule has 0 unspecified atom stereocenters. The van der Waals surface area contributed by atoms with Crippen LogP contribution in [0.3, 0.4) is 0 Å². The van der Waals surface area contributed by atoms with Crippen molar-refractivity contribution in [2.75, 3.05) is 18.5 Å². The van der Waals surface area contributed by atoms with Gasteiger partial charge in [-0.2, -0.15) is 5.10 Å². The fourth-order valence-corrected chi connectivity index (χ4v) is 4.15. The molecule has 0 atom stereocenters. The van der Waals surface area contributed by atoms with Crippen molar-refractivity contribution in [3.8, 4) is 17.2 Å². The van der Waals surface area contributed by atoms with Crippen molar-refractivity contribution >= 4 is 55.6 Å². The number of phenols is 1. The largest absolute Gasteiger partial charge is 0.506 e. The highest BCUT2D eigenvalue weighted by molar-refractivity contribution is 9.11. The van der Waals surface area contributed by atoms with Gasteiger partial charge in [-0.1, -0.05) is 18.2 Å². The molecule has 0 heterocycles. The van der Waals surface area contributed by atoms with E-state index in [4.69, 9.17) is 9.47 Å². The van der Waals surface area contributed by atoms with Gasteiger partial charge in [0, 0.05) is 11.3 Å². The van der Waals surface area contributed by atoms with Crippen molar-refractivity contribution in [3.63, 3.8) is 0 Å². The summed E-state index contributed by atoms with van der Waals surface area (Å²) in [4.78, 5) is 24.6. The maximum atomic E-state index is 12.3. The van der Waals surface area contributed by atoms with Gasteiger partial charge in [-0.3, -0.25) is 9.59 Å². The number of hydrazone groups is 1. The highest BCUT2D eigenvalue weighted by Gasteiger charge is 2.12. The minimum atomic E-state index is -0.452. The molecule has 3 aromatic rings. The molecule has 0 aliphatic carbocycles. The number of phenolic OH excluding ortho intramolecular Hbond substituents is 1. The number of carbonyl (C=O) groups excluding carboxylic acids is 2. The van der Waals surface area contributed by atoms with E-state index in [2.05, 4.69) is 47.7 Å². The lowest BCUT2D eigenvalue weighted by Crippen LogP contribution is -2.20. The Morgan fingerprint density at radius 2 is 1.74 bits per heavy atom. The molecule has 182 valence electrons. The quantitative estimate of drug-likeness (QED) is 0.224. The molecule has 2 amide bonds. The van der Waals surface area contributed by atoms with E-state index >= 15 is 0 Å². The predicted molar refractivity (Wildman–Crippen MR) is 141 cm³/mol. The van der Waals surface area contributed by atoms with Gasteiger partial charge in [-0.25, -0.2) is 5.43 Å². The highest BCUT2D eigenvalue weighted by Crippen LogP contribution is 2.33. The number of ether oxygens (including phenoxy) is 2. The number of para-hydroxylation sites is 1. The van der Waals surface area contributed by atoms with E-state index in [1.54, 1.807) is 18.2 Å². The first-order chi connectivity index (χ1) is 16.8. The van der Waals surface area contributed by atoms with Crippen LogP contribution in [0.4, 0.5) is 5.69 Å². The third-order valence-corrected chi connectivity index (χ3v) is 5.91. The summed E-state index contributed by atoms with van der Waals surface area (Å²) in [6.45, 7) is 3.96. The summed E-state index contributed by atoms with van der Waals surface area (Å²) in [6, 6.07) is 15.5. The van der Waals surface area contributed by atoms with E-state index in [-0.39, 0.29) is 18.3 Å². The van der Waals surface area contributed by atoms with E-state index in [0.29, 0.717) is 38.2 Å². The Kier molecular flexibility index (Phi) is 9.27. The molecule has 10 heteroatoms. The molecule has 0 radical (unpaired) electrons. The minimum Gasteiger partial charge on any atom is -0.506 e. The molecule has 0 saturated carbocycles. The summed E-state index contributed by atoms with van der Waals surface area (Å²) < 4.78 is 12.1. The number of halogens is 2. The molecule has 0 spiro atoms. The van der Waals surface area contributed by atoms with Crippen LogP contribution in [0.25, 0.3) is 0 Å². The number of rotatable bonds is 9. The fraction of sp³-hybridized carbons (Fsp3) is 0.160. The number of aryl methyl sites for hydroxylation is 1. The second kappa shape index (κ2) is 12.4. The summed E-state index contributed by atoms with van der Waals surface area (Å²) in [6.07, 6.45) is 1.46. The first-order valence-corrected chi connectivity index (χ1v) is 12.1. The van der Waals surface area contributed by atoms with Gasteiger partial charge in [0.25, 0.3) is 11.8 Å². The Balaban J connectivity index is 1.63. The average Bonchev–Trinajstić information content (AvgIpc) is 2.83. The Bertz CT molecular complexity index is 1240. The van der Waals surface area contributed by atoms with Crippen molar-refractivity contribution in [1.82, 2.24) is 5.43 Å². The zero-order chi connectivity index (χ0) is 25.4. The molecule has 0 saturated heterocycles. The van der Waals surface area contributed by atoms with Crippen molar-refractivity contribution < 1.29 is 24.2 Å². The number of hydrogen-bond donors (Lipinski definition) is 3. The molecule has 35 heavy (non-hydrogen) atoms. The SMILES string of the molecule is CCOc1cc(/C=N\NC(=O)c2cc(Br)c(O)c(Br)c2)ccc1OCC(=O)Nc1ccccc1C. The monoisotopic (exact) mass is 603 g/mol. The van der Waals surface area contributed by atoms with Crippen LogP contribution < -0.4 is 20.2 Å². The molecule has 0 aliphatic rings. The Morgan fingerprint density at radius 3 is 2.43 bits per heavy atom. The van der Waals surface area contributed by atoms with E-state index in [9.17, 15) is 14.7 Å². The average molecular weight is 605 g/mol. The smallest absolute Gasteiger partial charge is 0.271 e. The number of benzene rings is 3. The van der Waals surface area contributed by atoms with Crippen molar-refractivity contribution in [3.05, 3.63) is 80.2 Å². The van der Waals surface area contributed by atoms with Gasteiger partial charge in [-0.05, 0) is 93.2 Å². The molecule has 0 fully saturated rings. The third-order valence-electron chi connectivity index (χ3n) is 4.70. The summed E-state index contributed by atoms with van der Waals surface area (Å²) >= 11 is 6.38. The molecule has 0 aromatic heterocycles. The third kappa shape index (κ3) is 7.30. The van der Waals surface area contributed by atoms with Crippen LogP contribution in [0.1, 0.15) is 28.4 Å². The molecule has 3 rings (SSSR count). The number of amides is 2. The zero-order valence-electron chi connectivity index (χ0n) is 19.0. The molecular formula is C25H23Br2N3O5. The van der Waals surface area contributed by atoms with Gasteiger partial charge < -0.3 is 19.9 Å². The molecule has 0 bridgehead atoms. The predicted octanol–water partition coefficient (Wildman–Crippen LogP) is 5.41. The van der Waals surface area contributed by atoms with E-state index in [0.717, 1.165) is 11.3 Å². The molecule has 8 nitrogen and oxygen atoms in total. The maximum absolute atomic E-state index is 12.3. The topological polar surface area (TPSA) is 109 Å². The van der Waals surface area contributed by atoms with Gasteiger partial charge in [0.1, 0.15) is 5.75 Å². The minimum absolute atomic E-state index is 0.00322. The van der Waals surface area contributed by atoms with Crippen molar-refractivity contribution in [2.45, 2.75) is 13.8 Å². The van der Waals surface area contributed by atoms with Gasteiger partial charge in [0.15, 0.2) is 18.1 Å². The summed E-state index contributed by atoms with van der Waals surface area (Å²) in [5, 5.41) is 16.6. The lowest BCUT2D eigenvalue weighted by atomic mass is 10.2. The van der Waals surface area contributed by atoms with Crippen LogP contribution in [0.2, 0.25) is 0 Å². The lowest BCUT2D eigenvalue weighted by molar-refractivity contribution is -0.118. The first-order valence-electron chi connectivity index (χ1n) is 10.5. The summed E-state index contributed by atoms with van der Waals surface area (Å²) in [5.74, 6) is 0.114. The molecule has 0 aliphatic heterocycles. The van der Waals surface area contributed by atoms with Crippen LogP contribution in [-0.4, -0.2) is 36.3 Å². The summed E-state index contributed by atoms with van der Waals surface area (Å²) in [7, 11) is 0. The number of aromatic hydroxyl groups is 1. The van der Waals surface area contributed by atoms with E-state index in [1.807, 2.05) is 38.1 Å². The number of nitrogens with one attached hydrogen (secondary N) is 2. The number of anilines is 1. The molecule has 3 aromatic carbocycles. The summed E-state index contributed by atoms with van der Waals surface area (Å²) in [5.41, 5.74) is 5.08. The number of nitrogens with zero attached hydrogens (tertiary/aromatic N) is 1. The van der Waals surface area contributed by atoms with Gasteiger partial charge in [0.2, 0.25) is 0 Å². The maximum Gasteiger partial charge on any atom is 0.271 e. The van der Waals surface area contributed by atoms with Crippen LogP contribution in [0, 0.1) is 6.92 Å². The second-order valence-corrected chi connectivity index (χ2v) is 8.99. The highest BCUT2D eigenvalue weighted by atomic mass is 79.9. The van der Waals surface area contributed by atoms with Crippen LogP contribution in [0.15, 0.2) is 68.6 Å². The standard InChI is InChI=1S/C25H23Br2N3O5/c1-3-34-22-10-16(13-28-30-25(33)17-11-18(26)24(32)19(27)12-17)8-9-21(22)35-14-23(31)29-20-7-5-4-6-15(20)2/h4-13,32H,3,14H2,1-2H3,(H,29,31)(H,30,33)/b28-13-. The Morgan fingerprint density at radius 1 is 1.03 bits per heavy atom. The van der Waals surface area contributed by atoms with Crippen LogP contribution >= 0.6 is 31.9 Å². The van der Waals surface area contributed by atoms with Crippen LogP contribution in [0.5, 0.6) is 17.2 Å². The molecular weight excluding hydrogens is 582 g/mol. The zero-order valence-corrected chi connectivity index (χ0v) is 22.1. The number of hydrogen-bond acceptors (Lipinski definition) is 6. The van der Waals surface area contributed by atoms with Crippen molar-refractivity contribution in [2.24, 2.45) is 5.10 Å². The van der Waals surface area contributed by atoms with Crippen molar-refractivity contribution in [1.29, 1.82) is 0 Å². The first kappa shape index (κ1) is 26.2. The van der Waals surface area contributed by atoms with Gasteiger partial charge in [0.05, 0.1) is 21.8 Å². The second-order valence-electron chi connectivity index (χ2n) is 7.28. The fourth-order valence-electron chi connectivity index (χ4n) is 2.96. The van der Waals surface area contributed by atoms with E-state index in [1.165, 1.54) is 18.3 Å². The van der Waals surface area contributed by atoms with Gasteiger partial charge in [-0.15, -0.1) is 0 Å². The van der Waals surface area contributed by atoms with Crippen LogP contribution in [-0.2, 0) is 4.79 Å². The normalized spacial score (nSPS) is 10.7. The molecule has 3 N–H and O–H groups in total.